The quantitative estimate of drug-likeness (QED) is 0.721. The lowest BCUT2D eigenvalue weighted by molar-refractivity contribution is 0.854. The van der Waals surface area contributed by atoms with Crippen molar-refractivity contribution >= 4 is 22.6 Å². The number of rotatable bonds is 2. The molecule has 0 aliphatic rings. The molecule has 0 bridgehead atoms. The Labute approximate surface area is 134 Å². The minimum Gasteiger partial charge on any atom is -0.308 e. The maximum atomic E-state index is 12.5. The van der Waals surface area contributed by atoms with Gasteiger partial charge in [0.15, 0.2) is 0 Å². The Morgan fingerprint density at radius 3 is 2.59 bits per heavy atom. The fraction of sp³-hybridized carbons (Fsp3) is 0.222. The summed E-state index contributed by atoms with van der Waals surface area (Å²) >= 11 is 6.01. The molecule has 1 heterocycles. The van der Waals surface area contributed by atoms with Crippen molar-refractivity contribution in [2.24, 2.45) is 7.05 Å². The smallest absolute Gasteiger partial charge is 0.272 e. The third kappa shape index (κ3) is 2.64. The Hall–Kier alpha value is -2.13. The third-order valence-electron chi connectivity index (χ3n) is 4.02. The van der Waals surface area contributed by atoms with E-state index in [1.54, 1.807) is 11.6 Å². The van der Waals surface area contributed by atoms with Crippen molar-refractivity contribution < 1.29 is 0 Å². The van der Waals surface area contributed by atoms with E-state index in [1.165, 1.54) is 5.56 Å². The summed E-state index contributed by atoms with van der Waals surface area (Å²) in [5.41, 5.74) is 5.51. The molecule has 0 N–H and O–H groups in total. The molecular formula is C18H17ClN2O. The molecule has 3 rings (SSSR count). The van der Waals surface area contributed by atoms with E-state index >= 15 is 0 Å². The van der Waals surface area contributed by atoms with Crippen LogP contribution in [0.25, 0.3) is 11.0 Å². The summed E-state index contributed by atoms with van der Waals surface area (Å²) in [6.45, 7) is 4.09. The number of hydrogen-bond acceptors (Lipinski definition) is 2. The zero-order valence-electron chi connectivity index (χ0n) is 12.9. The van der Waals surface area contributed by atoms with Gasteiger partial charge >= 0.3 is 0 Å². The van der Waals surface area contributed by atoms with Crippen molar-refractivity contribution in [3.05, 3.63) is 74.2 Å². The summed E-state index contributed by atoms with van der Waals surface area (Å²) < 4.78 is 1.68. The molecule has 0 amide bonds. The van der Waals surface area contributed by atoms with Crippen molar-refractivity contribution in [1.82, 2.24) is 9.55 Å². The first kappa shape index (κ1) is 14.8. The normalized spacial score (nSPS) is 11.1. The molecule has 112 valence electrons. The van der Waals surface area contributed by atoms with E-state index in [4.69, 9.17) is 11.6 Å². The molecule has 0 unspecified atom stereocenters. The van der Waals surface area contributed by atoms with E-state index in [2.05, 4.69) is 11.9 Å². The highest BCUT2D eigenvalue weighted by Gasteiger charge is 2.10. The average Bonchev–Trinajstić information content (AvgIpc) is 2.47. The van der Waals surface area contributed by atoms with Crippen molar-refractivity contribution in [3.8, 4) is 0 Å². The van der Waals surface area contributed by atoms with Gasteiger partial charge in [-0.15, -0.1) is 0 Å². The van der Waals surface area contributed by atoms with Crippen molar-refractivity contribution in [2.75, 3.05) is 0 Å². The molecule has 1 aromatic heterocycles. The van der Waals surface area contributed by atoms with Gasteiger partial charge in [0.25, 0.3) is 5.56 Å². The predicted octanol–water partition coefficient (Wildman–Crippen LogP) is 3.79. The zero-order valence-corrected chi connectivity index (χ0v) is 13.6. The molecule has 0 atom stereocenters. The van der Waals surface area contributed by atoms with Crippen LogP contribution in [-0.2, 0) is 13.5 Å². The first-order chi connectivity index (χ1) is 10.5. The van der Waals surface area contributed by atoms with Crippen LogP contribution >= 0.6 is 11.6 Å². The molecular weight excluding hydrogens is 296 g/mol. The third-order valence-corrected chi connectivity index (χ3v) is 4.25. The topological polar surface area (TPSA) is 34.9 Å². The maximum Gasteiger partial charge on any atom is 0.272 e. The minimum absolute atomic E-state index is 0.0595. The second-order valence-corrected chi connectivity index (χ2v) is 6.09. The predicted molar refractivity (Wildman–Crippen MR) is 90.7 cm³/mol. The number of aromatic nitrogens is 2. The lowest BCUT2D eigenvalue weighted by Crippen LogP contribution is -2.23. The molecule has 0 aliphatic heterocycles. The van der Waals surface area contributed by atoms with Gasteiger partial charge in [-0.05, 0) is 54.8 Å². The minimum atomic E-state index is -0.0595. The largest absolute Gasteiger partial charge is 0.308 e. The van der Waals surface area contributed by atoms with E-state index < -0.39 is 0 Å². The van der Waals surface area contributed by atoms with E-state index in [1.807, 2.05) is 43.3 Å². The average molecular weight is 313 g/mol. The van der Waals surface area contributed by atoms with Gasteiger partial charge in [0.1, 0.15) is 5.69 Å². The standard InChI is InChI=1S/C18H17ClN2O/c1-11-7-15-17(8-12(11)2)21(3)18(22)16(20-15)10-13-5-4-6-14(19)9-13/h4-9H,10H2,1-3H3. The summed E-state index contributed by atoms with van der Waals surface area (Å²) in [4.78, 5) is 17.1. The monoisotopic (exact) mass is 312 g/mol. The molecule has 0 radical (unpaired) electrons. The molecule has 0 fully saturated rings. The number of nitrogens with zero attached hydrogens (tertiary/aromatic N) is 2. The molecule has 3 nitrogen and oxygen atoms in total. The van der Waals surface area contributed by atoms with Crippen LogP contribution < -0.4 is 5.56 Å². The highest BCUT2D eigenvalue weighted by atomic mass is 35.5. The van der Waals surface area contributed by atoms with E-state index in [0.717, 1.165) is 22.2 Å². The van der Waals surface area contributed by atoms with E-state index in [9.17, 15) is 4.79 Å². The van der Waals surface area contributed by atoms with Crippen molar-refractivity contribution in [1.29, 1.82) is 0 Å². The Bertz CT molecular complexity index is 928. The van der Waals surface area contributed by atoms with Crippen molar-refractivity contribution in [2.45, 2.75) is 20.3 Å². The van der Waals surface area contributed by atoms with Gasteiger partial charge in [0.2, 0.25) is 0 Å². The van der Waals surface area contributed by atoms with Crippen LogP contribution in [0.15, 0.2) is 41.2 Å². The lowest BCUT2D eigenvalue weighted by atomic mass is 10.1. The SMILES string of the molecule is Cc1cc2nc(Cc3cccc(Cl)c3)c(=O)n(C)c2cc1C. The highest BCUT2D eigenvalue weighted by Crippen LogP contribution is 2.18. The fourth-order valence-electron chi connectivity index (χ4n) is 2.60. The van der Waals surface area contributed by atoms with E-state index in [0.29, 0.717) is 17.1 Å². The highest BCUT2D eigenvalue weighted by molar-refractivity contribution is 6.30. The van der Waals surface area contributed by atoms with Gasteiger partial charge in [-0.2, -0.15) is 0 Å². The van der Waals surface area contributed by atoms with Gasteiger partial charge in [0, 0.05) is 18.5 Å². The number of benzene rings is 2. The van der Waals surface area contributed by atoms with Gasteiger partial charge in [-0.1, -0.05) is 23.7 Å². The molecule has 0 saturated heterocycles. The summed E-state index contributed by atoms with van der Waals surface area (Å²) in [6.07, 6.45) is 0.482. The Kier molecular flexibility index (Phi) is 3.75. The fourth-order valence-corrected chi connectivity index (χ4v) is 2.81. The first-order valence-electron chi connectivity index (χ1n) is 7.17. The van der Waals surface area contributed by atoms with Crippen LogP contribution in [0.5, 0.6) is 0 Å². The molecule has 0 aliphatic carbocycles. The van der Waals surface area contributed by atoms with Crippen LogP contribution in [0.2, 0.25) is 5.02 Å². The number of hydrogen-bond donors (Lipinski definition) is 0. The number of fused-ring (bicyclic) bond motifs is 1. The Morgan fingerprint density at radius 1 is 1.14 bits per heavy atom. The molecule has 2 aromatic carbocycles. The summed E-state index contributed by atoms with van der Waals surface area (Å²) in [5.74, 6) is 0. The van der Waals surface area contributed by atoms with Gasteiger partial charge < -0.3 is 4.57 Å². The number of halogens is 1. The van der Waals surface area contributed by atoms with Crippen molar-refractivity contribution in [3.63, 3.8) is 0 Å². The molecule has 0 spiro atoms. The van der Waals surface area contributed by atoms with Crippen LogP contribution in [0.4, 0.5) is 0 Å². The van der Waals surface area contributed by atoms with Gasteiger partial charge in [0.05, 0.1) is 11.0 Å². The van der Waals surface area contributed by atoms with E-state index in [-0.39, 0.29) is 5.56 Å². The van der Waals surface area contributed by atoms with Crippen LogP contribution in [-0.4, -0.2) is 9.55 Å². The molecule has 0 saturated carbocycles. The van der Waals surface area contributed by atoms with Gasteiger partial charge in [-0.25, -0.2) is 4.98 Å². The second-order valence-electron chi connectivity index (χ2n) is 5.65. The second kappa shape index (κ2) is 5.58. The number of aryl methyl sites for hydroxylation is 3. The van der Waals surface area contributed by atoms with Crippen LogP contribution in [0.1, 0.15) is 22.4 Å². The van der Waals surface area contributed by atoms with Crippen LogP contribution in [0.3, 0.4) is 0 Å². The lowest BCUT2D eigenvalue weighted by Gasteiger charge is -2.10. The zero-order chi connectivity index (χ0) is 15.9. The first-order valence-corrected chi connectivity index (χ1v) is 7.55. The Balaban J connectivity index is 2.16. The van der Waals surface area contributed by atoms with Gasteiger partial charge in [-0.3, -0.25) is 4.79 Å². The van der Waals surface area contributed by atoms with Crippen LogP contribution in [0, 0.1) is 13.8 Å². The molecule has 22 heavy (non-hydrogen) atoms. The maximum absolute atomic E-state index is 12.5. The summed E-state index contributed by atoms with van der Waals surface area (Å²) in [6, 6.07) is 11.6. The Morgan fingerprint density at radius 2 is 1.86 bits per heavy atom. The summed E-state index contributed by atoms with van der Waals surface area (Å²) in [7, 11) is 1.79. The summed E-state index contributed by atoms with van der Waals surface area (Å²) in [5, 5.41) is 0.668. The molecule has 4 heteroatoms. The molecule has 3 aromatic rings.